The van der Waals surface area contributed by atoms with Gasteiger partial charge >= 0.3 is 0 Å². The lowest BCUT2D eigenvalue weighted by molar-refractivity contribution is 0.452. The Balaban J connectivity index is 2.37. The second kappa shape index (κ2) is 6.52. The van der Waals surface area contributed by atoms with Crippen molar-refractivity contribution in [3.63, 3.8) is 0 Å². The lowest BCUT2D eigenvalue weighted by Crippen LogP contribution is -1.95. The summed E-state index contributed by atoms with van der Waals surface area (Å²) in [4.78, 5) is 0. The quantitative estimate of drug-likeness (QED) is 0.705. The molecule has 0 aliphatic rings. The first kappa shape index (κ1) is 15.9. The highest BCUT2D eigenvalue weighted by molar-refractivity contribution is 9.08. The molecule has 2 rings (SSSR count). The van der Waals surface area contributed by atoms with E-state index in [1.54, 1.807) is 12.1 Å². The maximum absolute atomic E-state index is 9.89. The lowest BCUT2D eigenvalue weighted by atomic mass is 10.0. The van der Waals surface area contributed by atoms with E-state index in [0.717, 1.165) is 33.5 Å². The summed E-state index contributed by atoms with van der Waals surface area (Å²) >= 11 is 3.48. The van der Waals surface area contributed by atoms with Gasteiger partial charge in [-0.3, -0.25) is 0 Å². The Labute approximate surface area is 134 Å². The topological polar surface area (TPSA) is 29.5 Å². The average molecular weight is 349 g/mol. The number of ether oxygens (including phenoxy) is 1. The molecule has 2 nitrogen and oxygen atoms in total. The van der Waals surface area contributed by atoms with E-state index in [1.165, 1.54) is 5.56 Å². The molecule has 0 spiro atoms. The number of aromatic hydroxyl groups is 1. The van der Waals surface area contributed by atoms with E-state index in [0.29, 0.717) is 5.75 Å². The van der Waals surface area contributed by atoms with Gasteiger partial charge in [0.2, 0.25) is 0 Å². The predicted molar refractivity (Wildman–Crippen MR) is 90.8 cm³/mol. The predicted octanol–water partition coefficient (Wildman–Crippen LogP) is 5.82. The summed E-state index contributed by atoms with van der Waals surface area (Å²) in [6, 6.07) is 9.67. The monoisotopic (exact) mass is 348 g/mol. The van der Waals surface area contributed by atoms with Crippen LogP contribution in [0.2, 0.25) is 0 Å². The largest absolute Gasteiger partial charge is 0.508 e. The fraction of sp³-hybridized carbons (Fsp3) is 0.333. The number of phenolic OH excluding ortho intramolecular Hbond substituents is 1. The van der Waals surface area contributed by atoms with E-state index in [9.17, 15) is 5.11 Å². The molecule has 0 heterocycles. The third-order valence-corrected chi connectivity index (χ3v) is 4.16. The minimum Gasteiger partial charge on any atom is -0.508 e. The molecule has 21 heavy (non-hydrogen) atoms. The fourth-order valence-corrected chi connectivity index (χ4v) is 2.78. The second-order valence-corrected chi connectivity index (χ2v) is 6.23. The Morgan fingerprint density at radius 1 is 1.10 bits per heavy atom. The third-order valence-electron chi connectivity index (χ3n) is 3.52. The molecule has 0 aliphatic carbocycles. The third kappa shape index (κ3) is 3.59. The Kier molecular flexibility index (Phi) is 4.94. The minimum absolute atomic E-state index is 0.256. The van der Waals surface area contributed by atoms with Crippen molar-refractivity contribution < 1.29 is 9.84 Å². The molecule has 0 bridgehead atoms. The number of aryl methyl sites for hydroxylation is 2. The normalized spacial score (nSPS) is 11.0. The first-order valence-corrected chi connectivity index (χ1v) is 8.21. The van der Waals surface area contributed by atoms with E-state index in [2.05, 4.69) is 55.8 Å². The van der Waals surface area contributed by atoms with Gasteiger partial charge in [0.25, 0.3) is 0 Å². The van der Waals surface area contributed by atoms with Crippen molar-refractivity contribution in [2.45, 2.75) is 38.9 Å². The van der Waals surface area contributed by atoms with Crippen molar-refractivity contribution >= 4 is 15.9 Å². The smallest absolute Gasteiger partial charge is 0.133 e. The van der Waals surface area contributed by atoms with Gasteiger partial charge in [-0.15, -0.1) is 0 Å². The zero-order chi connectivity index (χ0) is 15.6. The van der Waals surface area contributed by atoms with Crippen LogP contribution in [-0.4, -0.2) is 5.11 Å². The minimum atomic E-state index is 0.256. The van der Waals surface area contributed by atoms with Crippen LogP contribution in [0.1, 0.15) is 42.0 Å². The Morgan fingerprint density at radius 2 is 1.71 bits per heavy atom. The number of hydrogen-bond acceptors (Lipinski definition) is 2. The molecule has 0 atom stereocenters. The number of alkyl halides is 1. The number of benzene rings is 2. The van der Waals surface area contributed by atoms with Crippen LogP contribution < -0.4 is 4.74 Å². The molecular weight excluding hydrogens is 328 g/mol. The summed E-state index contributed by atoms with van der Waals surface area (Å²) in [5, 5.41) is 10.7. The second-order valence-electron chi connectivity index (χ2n) is 5.67. The van der Waals surface area contributed by atoms with E-state index in [4.69, 9.17) is 4.74 Å². The fourth-order valence-electron chi connectivity index (χ4n) is 2.45. The van der Waals surface area contributed by atoms with Crippen LogP contribution in [0, 0.1) is 13.8 Å². The Hall–Kier alpha value is -1.48. The standard InChI is InChI=1S/C18H21BrO2/c1-11(2)16-9-15(5-6-17(16)20)21-18-12(3)7-14(10-19)8-13(18)4/h5-9,11,20H,10H2,1-4H3. The highest BCUT2D eigenvalue weighted by atomic mass is 79.9. The van der Waals surface area contributed by atoms with Crippen LogP contribution in [0.25, 0.3) is 0 Å². The Morgan fingerprint density at radius 3 is 2.24 bits per heavy atom. The molecule has 0 saturated carbocycles. The molecule has 112 valence electrons. The lowest BCUT2D eigenvalue weighted by Gasteiger charge is -2.15. The molecule has 2 aromatic rings. The first-order valence-electron chi connectivity index (χ1n) is 7.09. The molecule has 1 N–H and O–H groups in total. The maximum Gasteiger partial charge on any atom is 0.133 e. The summed E-state index contributed by atoms with van der Waals surface area (Å²) in [7, 11) is 0. The van der Waals surface area contributed by atoms with E-state index < -0.39 is 0 Å². The highest BCUT2D eigenvalue weighted by Crippen LogP contribution is 2.34. The molecular formula is C18H21BrO2. The molecule has 0 fully saturated rings. The molecule has 2 aromatic carbocycles. The van der Waals surface area contributed by atoms with E-state index in [-0.39, 0.29) is 5.92 Å². The van der Waals surface area contributed by atoms with Crippen LogP contribution in [0.5, 0.6) is 17.2 Å². The van der Waals surface area contributed by atoms with Crippen LogP contribution in [0.3, 0.4) is 0 Å². The summed E-state index contributed by atoms with van der Waals surface area (Å²) in [6.45, 7) is 8.22. The van der Waals surface area contributed by atoms with Crippen molar-refractivity contribution in [2.24, 2.45) is 0 Å². The molecule has 0 aromatic heterocycles. The highest BCUT2D eigenvalue weighted by Gasteiger charge is 2.11. The molecule has 0 amide bonds. The van der Waals surface area contributed by atoms with Gasteiger partial charge in [-0.2, -0.15) is 0 Å². The first-order chi connectivity index (χ1) is 9.92. The molecule has 3 heteroatoms. The summed E-state index contributed by atoms with van der Waals surface area (Å²) in [5.74, 6) is 2.22. The molecule has 0 aliphatic heterocycles. The van der Waals surface area contributed by atoms with Crippen LogP contribution in [-0.2, 0) is 5.33 Å². The van der Waals surface area contributed by atoms with Gasteiger partial charge in [-0.05, 0) is 54.7 Å². The maximum atomic E-state index is 9.89. The van der Waals surface area contributed by atoms with Crippen molar-refractivity contribution in [3.05, 3.63) is 52.6 Å². The molecule has 0 saturated heterocycles. The number of phenols is 1. The van der Waals surface area contributed by atoms with Crippen molar-refractivity contribution in [2.75, 3.05) is 0 Å². The van der Waals surface area contributed by atoms with Crippen molar-refractivity contribution in [1.29, 1.82) is 0 Å². The van der Waals surface area contributed by atoms with Gasteiger partial charge in [0, 0.05) is 10.9 Å². The molecule has 0 unspecified atom stereocenters. The number of hydrogen-bond donors (Lipinski definition) is 1. The zero-order valence-corrected chi connectivity index (χ0v) is 14.5. The summed E-state index contributed by atoms with van der Waals surface area (Å²) in [5.41, 5.74) is 4.37. The van der Waals surface area contributed by atoms with Gasteiger partial charge in [-0.1, -0.05) is 41.9 Å². The van der Waals surface area contributed by atoms with Gasteiger partial charge in [-0.25, -0.2) is 0 Å². The van der Waals surface area contributed by atoms with Crippen LogP contribution in [0.4, 0.5) is 0 Å². The van der Waals surface area contributed by atoms with Gasteiger partial charge in [0.1, 0.15) is 17.2 Å². The van der Waals surface area contributed by atoms with Crippen LogP contribution in [0.15, 0.2) is 30.3 Å². The average Bonchev–Trinajstić information content (AvgIpc) is 2.43. The summed E-state index contributed by atoms with van der Waals surface area (Å²) < 4.78 is 6.06. The van der Waals surface area contributed by atoms with Crippen LogP contribution >= 0.6 is 15.9 Å². The molecule has 0 radical (unpaired) electrons. The number of rotatable bonds is 4. The zero-order valence-electron chi connectivity index (χ0n) is 12.9. The van der Waals surface area contributed by atoms with Crippen molar-refractivity contribution in [3.8, 4) is 17.2 Å². The summed E-state index contributed by atoms with van der Waals surface area (Å²) in [6.07, 6.45) is 0. The number of halogens is 1. The van der Waals surface area contributed by atoms with Crippen molar-refractivity contribution in [1.82, 2.24) is 0 Å². The van der Waals surface area contributed by atoms with E-state index >= 15 is 0 Å². The van der Waals surface area contributed by atoms with Gasteiger partial charge in [0.05, 0.1) is 0 Å². The van der Waals surface area contributed by atoms with E-state index in [1.807, 2.05) is 6.07 Å². The Bertz CT molecular complexity index is 625. The van der Waals surface area contributed by atoms with Gasteiger partial charge in [0.15, 0.2) is 0 Å². The van der Waals surface area contributed by atoms with Gasteiger partial charge < -0.3 is 9.84 Å². The SMILES string of the molecule is Cc1cc(CBr)cc(C)c1Oc1ccc(O)c(C(C)C)c1.